The van der Waals surface area contributed by atoms with Gasteiger partial charge in [-0.3, -0.25) is 4.79 Å². The Balaban J connectivity index is 2.95. The molecule has 0 heterocycles. The lowest BCUT2D eigenvalue weighted by Crippen LogP contribution is -2.26. The summed E-state index contributed by atoms with van der Waals surface area (Å²) in [6.07, 6.45) is 1.58. The Morgan fingerprint density at radius 2 is 2.09 bits per heavy atom. The molecule has 0 aromatic heterocycles. The van der Waals surface area contributed by atoms with Crippen LogP contribution in [0.4, 0.5) is 0 Å². The molecule has 0 spiro atoms. The van der Waals surface area contributed by atoms with E-state index in [0.717, 1.165) is 13.0 Å². The van der Waals surface area contributed by atoms with Crippen molar-refractivity contribution in [3.8, 4) is 0 Å². The molecule has 3 heteroatoms. The van der Waals surface area contributed by atoms with Crippen LogP contribution < -0.4 is 5.32 Å². The maximum Gasteiger partial charge on any atom is 0.219 e. The van der Waals surface area contributed by atoms with Crippen molar-refractivity contribution in [3.63, 3.8) is 0 Å². The van der Waals surface area contributed by atoms with Crippen LogP contribution in [0.15, 0.2) is 0 Å². The maximum absolute atomic E-state index is 10.7. The minimum atomic E-state index is 0.0881. The Morgan fingerprint density at radius 3 is 2.64 bits per heavy atom. The predicted octanol–water partition coefficient (Wildman–Crippen LogP) is 0.939. The molecular formula is C8H17NO2. The molecule has 66 valence electrons. The van der Waals surface area contributed by atoms with Crippen LogP contribution in [0, 0.1) is 0 Å². The molecule has 0 saturated heterocycles. The summed E-state index contributed by atoms with van der Waals surface area (Å²) in [5, 5.41) is 2.73. The third kappa shape index (κ3) is 7.33. The van der Waals surface area contributed by atoms with Gasteiger partial charge in [0.1, 0.15) is 0 Å². The zero-order valence-electron chi connectivity index (χ0n) is 7.35. The van der Waals surface area contributed by atoms with E-state index < -0.39 is 0 Å². The average Bonchev–Trinajstić information content (AvgIpc) is 2.04. The molecule has 0 aliphatic rings. The van der Waals surface area contributed by atoms with Crippen LogP contribution in [0.25, 0.3) is 0 Å². The summed E-state index contributed by atoms with van der Waals surface area (Å²) in [5.41, 5.74) is 0. The van der Waals surface area contributed by atoms with Gasteiger partial charge < -0.3 is 10.1 Å². The van der Waals surface area contributed by atoms with E-state index in [9.17, 15) is 4.79 Å². The predicted molar refractivity (Wildman–Crippen MR) is 44.4 cm³/mol. The van der Waals surface area contributed by atoms with Crippen LogP contribution in [0.5, 0.6) is 0 Å². The Bertz CT molecular complexity index is 104. The van der Waals surface area contributed by atoms with Crippen molar-refractivity contribution in [1.29, 1.82) is 0 Å². The molecule has 0 bridgehead atoms. The van der Waals surface area contributed by atoms with E-state index in [1.165, 1.54) is 0 Å². The number of carbonyl (C=O) groups excluding carboxylic acids is 1. The number of ether oxygens (including phenoxy) is 1. The van der Waals surface area contributed by atoms with Gasteiger partial charge in [-0.25, -0.2) is 0 Å². The number of carbonyl (C=O) groups is 1. The monoisotopic (exact) mass is 159 g/mol. The largest absolute Gasteiger partial charge is 0.380 e. The third-order valence-electron chi connectivity index (χ3n) is 1.24. The van der Waals surface area contributed by atoms with Gasteiger partial charge in [0, 0.05) is 19.6 Å². The van der Waals surface area contributed by atoms with E-state index in [0.29, 0.717) is 19.6 Å². The highest BCUT2D eigenvalue weighted by molar-refractivity contribution is 5.75. The van der Waals surface area contributed by atoms with E-state index >= 15 is 0 Å². The van der Waals surface area contributed by atoms with Gasteiger partial charge >= 0.3 is 0 Å². The second-order valence-electron chi connectivity index (χ2n) is 2.32. The highest BCUT2D eigenvalue weighted by Gasteiger charge is 1.93. The topological polar surface area (TPSA) is 38.3 Å². The number of hydrogen-bond donors (Lipinski definition) is 1. The summed E-state index contributed by atoms with van der Waals surface area (Å²) in [6, 6.07) is 0. The first-order valence-electron chi connectivity index (χ1n) is 4.15. The molecule has 0 aliphatic carbocycles. The van der Waals surface area contributed by atoms with Crippen LogP contribution in [-0.4, -0.2) is 25.7 Å². The maximum atomic E-state index is 10.7. The fourth-order valence-electron chi connectivity index (χ4n) is 0.634. The van der Waals surface area contributed by atoms with Gasteiger partial charge in [0.2, 0.25) is 5.91 Å². The van der Waals surface area contributed by atoms with Crippen molar-refractivity contribution in [1.82, 2.24) is 5.32 Å². The van der Waals surface area contributed by atoms with Gasteiger partial charge in [-0.15, -0.1) is 0 Å². The number of rotatable bonds is 6. The van der Waals surface area contributed by atoms with Gasteiger partial charge in [-0.2, -0.15) is 0 Å². The quantitative estimate of drug-likeness (QED) is 0.586. The zero-order chi connectivity index (χ0) is 8.53. The van der Waals surface area contributed by atoms with Gasteiger partial charge in [0.25, 0.3) is 0 Å². The summed E-state index contributed by atoms with van der Waals surface area (Å²) in [6.45, 7) is 5.93. The van der Waals surface area contributed by atoms with Gasteiger partial charge in [-0.05, 0) is 6.42 Å². The van der Waals surface area contributed by atoms with Crippen molar-refractivity contribution in [2.24, 2.45) is 0 Å². The van der Waals surface area contributed by atoms with E-state index in [-0.39, 0.29) is 5.91 Å². The number of nitrogens with one attached hydrogen (secondary N) is 1. The van der Waals surface area contributed by atoms with Crippen molar-refractivity contribution in [3.05, 3.63) is 0 Å². The molecule has 0 aromatic rings. The van der Waals surface area contributed by atoms with Crippen molar-refractivity contribution in [2.45, 2.75) is 26.7 Å². The summed E-state index contributed by atoms with van der Waals surface area (Å²) in [7, 11) is 0. The van der Waals surface area contributed by atoms with E-state index in [2.05, 4.69) is 12.2 Å². The SMILES string of the molecule is CCCOCCNC(=O)CC. The number of amides is 1. The fraction of sp³-hybridized carbons (Fsp3) is 0.875. The van der Waals surface area contributed by atoms with Gasteiger partial charge in [-0.1, -0.05) is 13.8 Å². The lowest BCUT2D eigenvalue weighted by atomic mass is 10.4. The minimum Gasteiger partial charge on any atom is -0.380 e. The lowest BCUT2D eigenvalue weighted by molar-refractivity contribution is -0.121. The van der Waals surface area contributed by atoms with E-state index in [1.807, 2.05) is 6.92 Å². The van der Waals surface area contributed by atoms with Crippen LogP contribution >= 0.6 is 0 Å². The first-order valence-corrected chi connectivity index (χ1v) is 4.15. The molecule has 0 aliphatic heterocycles. The Labute approximate surface area is 68.1 Å². The van der Waals surface area contributed by atoms with E-state index in [1.54, 1.807) is 0 Å². The molecular weight excluding hydrogens is 142 g/mol. The van der Waals surface area contributed by atoms with Crippen LogP contribution in [0.1, 0.15) is 26.7 Å². The third-order valence-corrected chi connectivity index (χ3v) is 1.24. The standard InChI is InChI=1S/C8H17NO2/c1-3-6-11-7-5-9-8(10)4-2/h3-7H2,1-2H3,(H,9,10). The molecule has 0 atom stereocenters. The lowest BCUT2D eigenvalue weighted by Gasteiger charge is -2.03. The summed E-state index contributed by atoms with van der Waals surface area (Å²) < 4.78 is 5.16. The molecule has 0 radical (unpaired) electrons. The molecule has 11 heavy (non-hydrogen) atoms. The molecule has 1 N–H and O–H groups in total. The molecule has 3 nitrogen and oxygen atoms in total. The minimum absolute atomic E-state index is 0.0881. The molecule has 0 fully saturated rings. The zero-order valence-corrected chi connectivity index (χ0v) is 7.35. The summed E-state index contributed by atoms with van der Waals surface area (Å²) in [4.78, 5) is 10.7. The first kappa shape index (κ1) is 10.4. The van der Waals surface area contributed by atoms with Gasteiger partial charge in [0.05, 0.1) is 6.61 Å². The van der Waals surface area contributed by atoms with Crippen LogP contribution in [0.3, 0.4) is 0 Å². The van der Waals surface area contributed by atoms with Crippen LogP contribution in [-0.2, 0) is 9.53 Å². The Morgan fingerprint density at radius 1 is 1.36 bits per heavy atom. The van der Waals surface area contributed by atoms with Crippen LogP contribution in [0.2, 0.25) is 0 Å². The fourth-order valence-corrected chi connectivity index (χ4v) is 0.634. The second-order valence-corrected chi connectivity index (χ2v) is 2.32. The molecule has 1 amide bonds. The van der Waals surface area contributed by atoms with Crippen molar-refractivity contribution in [2.75, 3.05) is 19.8 Å². The van der Waals surface area contributed by atoms with Gasteiger partial charge in [0.15, 0.2) is 0 Å². The molecule has 0 unspecified atom stereocenters. The highest BCUT2D eigenvalue weighted by Crippen LogP contribution is 1.79. The second kappa shape index (κ2) is 7.54. The first-order chi connectivity index (χ1) is 5.31. The average molecular weight is 159 g/mol. The molecule has 0 saturated carbocycles. The summed E-state index contributed by atoms with van der Waals surface area (Å²) >= 11 is 0. The molecule has 0 aromatic carbocycles. The summed E-state index contributed by atoms with van der Waals surface area (Å²) in [5.74, 6) is 0.0881. The Hall–Kier alpha value is -0.570. The Kier molecular flexibility index (Phi) is 7.15. The highest BCUT2D eigenvalue weighted by atomic mass is 16.5. The normalized spacial score (nSPS) is 9.64. The van der Waals surface area contributed by atoms with Crippen molar-refractivity contribution >= 4 is 5.91 Å². The van der Waals surface area contributed by atoms with Crippen molar-refractivity contribution < 1.29 is 9.53 Å². The smallest absolute Gasteiger partial charge is 0.219 e. The number of hydrogen-bond acceptors (Lipinski definition) is 2. The molecule has 0 rings (SSSR count). The van der Waals surface area contributed by atoms with E-state index in [4.69, 9.17) is 4.74 Å².